The first-order chi connectivity index (χ1) is 15.7. The Morgan fingerprint density at radius 3 is 1.97 bits per heavy atom. The normalized spacial score (nSPS) is 20.0. The van der Waals surface area contributed by atoms with Gasteiger partial charge in [0, 0.05) is 17.7 Å². The predicted molar refractivity (Wildman–Crippen MR) is 120 cm³/mol. The molecule has 0 radical (unpaired) electrons. The second kappa shape index (κ2) is 11.4. The van der Waals surface area contributed by atoms with Gasteiger partial charge >= 0.3 is 0 Å². The fourth-order valence-corrected chi connectivity index (χ4v) is 4.92. The summed E-state index contributed by atoms with van der Waals surface area (Å²) >= 11 is 0. The monoisotopic (exact) mass is 444 g/mol. The first-order valence-corrected chi connectivity index (χ1v) is 12.1. The molecule has 1 N–H and O–H groups in total. The van der Waals surface area contributed by atoms with Gasteiger partial charge in [-0.25, -0.2) is 8.78 Å². The molecule has 0 bridgehead atoms. The van der Waals surface area contributed by atoms with E-state index in [1.807, 2.05) is 12.1 Å². The van der Waals surface area contributed by atoms with E-state index < -0.39 is 0 Å². The van der Waals surface area contributed by atoms with Crippen molar-refractivity contribution < 1.29 is 23.4 Å². The summed E-state index contributed by atoms with van der Waals surface area (Å²) in [4.78, 5) is 0. The van der Waals surface area contributed by atoms with Crippen LogP contribution in [0.3, 0.4) is 0 Å². The second-order valence-electron chi connectivity index (χ2n) is 9.03. The van der Waals surface area contributed by atoms with Crippen LogP contribution in [0.25, 0.3) is 0 Å². The Labute approximate surface area is 189 Å². The number of fused-ring (bicyclic) bond motifs is 2. The number of ether oxygens (including phenoxy) is 2. The molecule has 5 rings (SSSR count). The highest BCUT2D eigenvalue weighted by Crippen LogP contribution is 2.27. The Bertz CT molecular complexity index is 906. The van der Waals surface area contributed by atoms with Gasteiger partial charge in [0.1, 0.15) is 11.6 Å². The highest BCUT2D eigenvalue weighted by atomic mass is 19.1. The number of halogens is 2. The summed E-state index contributed by atoms with van der Waals surface area (Å²) in [6.45, 7) is 0.889. The van der Waals surface area contributed by atoms with Crippen molar-refractivity contribution in [3.63, 3.8) is 0 Å². The van der Waals surface area contributed by atoms with E-state index in [1.165, 1.54) is 12.0 Å². The van der Waals surface area contributed by atoms with Crippen LogP contribution in [0, 0.1) is 11.6 Å². The highest BCUT2D eigenvalue weighted by molar-refractivity contribution is 5.36. The van der Waals surface area contributed by atoms with Crippen molar-refractivity contribution in [1.82, 2.24) is 0 Å². The molecule has 2 aromatic rings. The maximum Gasteiger partial charge on any atom is 0.158 e. The molecule has 1 unspecified atom stereocenters. The zero-order valence-corrected chi connectivity index (χ0v) is 18.8. The Hall–Kier alpha value is -1.82. The molecule has 1 fully saturated rings. The highest BCUT2D eigenvalue weighted by Gasteiger charge is 2.19. The topological polar surface area (TPSA) is 38.7 Å². The minimum absolute atomic E-state index is 0.0481. The van der Waals surface area contributed by atoms with E-state index in [4.69, 9.17) is 14.6 Å². The molecule has 0 saturated carbocycles. The van der Waals surface area contributed by atoms with E-state index >= 15 is 0 Å². The van der Waals surface area contributed by atoms with Crippen molar-refractivity contribution in [2.24, 2.45) is 0 Å². The molecule has 1 heterocycles. The van der Waals surface area contributed by atoms with Crippen molar-refractivity contribution in [3.05, 3.63) is 69.3 Å². The number of rotatable bonds is 4. The molecule has 0 amide bonds. The van der Waals surface area contributed by atoms with Gasteiger partial charge in [0.05, 0.1) is 13.2 Å². The van der Waals surface area contributed by atoms with Gasteiger partial charge in [-0.15, -0.1) is 0 Å². The van der Waals surface area contributed by atoms with Gasteiger partial charge in [-0.3, -0.25) is 0 Å². The summed E-state index contributed by atoms with van der Waals surface area (Å²) < 4.78 is 39.2. The zero-order chi connectivity index (χ0) is 22.3. The molecule has 1 atom stereocenters. The maximum absolute atomic E-state index is 14.4. The third-order valence-corrected chi connectivity index (χ3v) is 6.82. The van der Waals surface area contributed by atoms with Gasteiger partial charge in [0.2, 0.25) is 0 Å². The minimum atomic E-state index is -0.195. The standard InChI is InChI=1S/C16H21FO2.C11H13FO/c17-16-13(11-19-15-7-3-4-10-18-15)9-8-12-5-1-2-6-14(12)16;12-11-9(7-13)6-5-8-3-1-2-4-10(8)11/h8-9,15H,1-7,10-11H2;5-6,13H,1-4,7H2. The number of benzene rings is 2. The second-order valence-corrected chi connectivity index (χ2v) is 9.03. The molecule has 2 aliphatic carbocycles. The fraction of sp³-hybridized carbons (Fsp3) is 0.556. The van der Waals surface area contributed by atoms with E-state index in [2.05, 4.69) is 6.07 Å². The van der Waals surface area contributed by atoms with Crippen molar-refractivity contribution in [2.75, 3.05) is 6.61 Å². The smallest absolute Gasteiger partial charge is 0.158 e. The van der Waals surface area contributed by atoms with Crippen molar-refractivity contribution >= 4 is 0 Å². The van der Waals surface area contributed by atoms with Crippen LogP contribution in [0.2, 0.25) is 0 Å². The van der Waals surface area contributed by atoms with Gasteiger partial charge in [0.15, 0.2) is 6.29 Å². The molecule has 1 saturated heterocycles. The number of hydrogen-bond acceptors (Lipinski definition) is 3. The number of aliphatic hydroxyl groups excluding tert-OH is 1. The minimum Gasteiger partial charge on any atom is -0.392 e. The van der Waals surface area contributed by atoms with Crippen LogP contribution in [0.15, 0.2) is 24.3 Å². The van der Waals surface area contributed by atoms with E-state index in [1.54, 1.807) is 6.07 Å². The number of hydrogen-bond donors (Lipinski definition) is 1. The van der Waals surface area contributed by atoms with Crippen LogP contribution in [-0.2, 0) is 48.4 Å². The Morgan fingerprint density at radius 2 is 1.38 bits per heavy atom. The van der Waals surface area contributed by atoms with Crippen LogP contribution in [0.5, 0.6) is 0 Å². The van der Waals surface area contributed by atoms with E-state index in [-0.39, 0.29) is 24.5 Å². The van der Waals surface area contributed by atoms with Gasteiger partial charge < -0.3 is 14.6 Å². The van der Waals surface area contributed by atoms with Crippen LogP contribution >= 0.6 is 0 Å². The molecule has 0 spiro atoms. The summed E-state index contributed by atoms with van der Waals surface area (Å²) in [7, 11) is 0. The lowest BCUT2D eigenvalue weighted by Gasteiger charge is -2.23. The molecule has 32 heavy (non-hydrogen) atoms. The fourth-order valence-electron chi connectivity index (χ4n) is 4.92. The lowest BCUT2D eigenvalue weighted by Crippen LogP contribution is -2.22. The zero-order valence-electron chi connectivity index (χ0n) is 18.8. The Kier molecular flexibility index (Phi) is 8.28. The first kappa shape index (κ1) is 23.3. The molecular weight excluding hydrogens is 410 g/mol. The summed E-state index contributed by atoms with van der Waals surface area (Å²) in [6.07, 6.45) is 11.2. The Morgan fingerprint density at radius 1 is 0.781 bits per heavy atom. The molecule has 3 nitrogen and oxygen atoms in total. The quantitative estimate of drug-likeness (QED) is 0.634. The molecule has 0 aromatic heterocycles. The lowest BCUT2D eigenvalue weighted by molar-refractivity contribution is -0.169. The van der Waals surface area contributed by atoms with Crippen molar-refractivity contribution in [3.8, 4) is 0 Å². The third kappa shape index (κ3) is 5.56. The van der Waals surface area contributed by atoms with E-state index in [0.29, 0.717) is 17.7 Å². The summed E-state index contributed by atoms with van der Waals surface area (Å²) in [5.41, 5.74) is 5.16. The van der Waals surface area contributed by atoms with Gasteiger partial charge in [-0.05, 0) is 92.9 Å². The number of aliphatic hydroxyl groups is 1. The summed E-state index contributed by atoms with van der Waals surface area (Å²) in [5.74, 6) is -0.229. The van der Waals surface area contributed by atoms with Gasteiger partial charge in [-0.2, -0.15) is 0 Å². The van der Waals surface area contributed by atoms with Crippen LogP contribution < -0.4 is 0 Å². The van der Waals surface area contributed by atoms with E-state index in [0.717, 1.165) is 87.5 Å². The van der Waals surface area contributed by atoms with Crippen LogP contribution in [0.1, 0.15) is 78.3 Å². The molecule has 2 aromatic carbocycles. The van der Waals surface area contributed by atoms with Crippen molar-refractivity contribution in [2.45, 2.75) is 90.1 Å². The average Bonchev–Trinajstić information content (AvgIpc) is 2.85. The molecule has 174 valence electrons. The maximum atomic E-state index is 14.4. The predicted octanol–water partition coefficient (Wildman–Crippen LogP) is 5.94. The summed E-state index contributed by atoms with van der Waals surface area (Å²) in [5, 5.41) is 8.88. The largest absolute Gasteiger partial charge is 0.392 e. The molecule has 5 heteroatoms. The number of aryl methyl sites for hydroxylation is 2. The van der Waals surface area contributed by atoms with Crippen LogP contribution in [0.4, 0.5) is 8.78 Å². The van der Waals surface area contributed by atoms with Crippen LogP contribution in [-0.4, -0.2) is 18.0 Å². The lowest BCUT2D eigenvalue weighted by atomic mass is 9.90. The SMILES string of the molecule is Fc1c(COC2CCCCO2)ccc2c1CCCC2.OCc1ccc2c(c1F)CCCC2. The Balaban J connectivity index is 0.000000165. The summed E-state index contributed by atoms with van der Waals surface area (Å²) in [6, 6.07) is 7.59. The average molecular weight is 445 g/mol. The molecule has 1 aliphatic heterocycles. The molecular formula is C27H34F2O3. The van der Waals surface area contributed by atoms with Gasteiger partial charge in [0.25, 0.3) is 0 Å². The first-order valence-electron chi connectivity index (χ1n) is 12.1. The van der Waals surface area contributed by atoms with Gasteiger partial charge in [-0.1, -0.05) is 24.3 Å². The molecule has 3 aliphatic rings. The van der Waals surface area contributed by atoms with E-state index in [9.17, 15) is 8.78 Å². The third-order valence-electron chi connectivity index (χ3n) is 6.82. The van der Waals surface area contributed by atoms with Crippen molar-refractivity contribution in [1.29, 1.82) is 0 Å².